The Kier molecular flexibility index (Phi) is 7.35. The summed E-state index contributed by atoms with van der Waals surface area (Å²) in [6, 6.07) is 12.8. The number of rotatable bonds is 7. The van der Waals surface area contributed by atoms with E-state index in [1.807, 2.05) is 31.2 Å². The molecule has 4 rings (SSSR count). The molecule has 0 fully saturated rings. The van der Waals surface area contributed by atoms with Crippen molar-refractivity contribution in [3.63, 3.8) is 0 Å². The quantitative estimate of drug-likeness (QED) is 0.304. The molecule has 1 atom stereocenters. The topological polar surface area (TPSA) is 77.4 Å². The van der Waals surface area contributed by atoms with Gasteiger partial charge in [-0.15, -0.1) is 10.2 Å². The molecule has 172 valence electrons. The summed E-state index contributed by atoms with van der Waals surface area (Å²) in [4.78, 5) is 19.1. The lowest BCUT2D eigenvalue weighted by Gasteiger charge is -2.30. The molecular weight excluding hydrogens is 460 g/mol. The van der Waals surface area contributed by atoms with Crippen LogP contribution in [0.2, 0.25) is 5.02 Å². The van der Waals surface area contributed by atoms with Crippen molar-refractivity contribution in [3.05, 3.63) is 53.1 Å². The Labute approximate surface area is 202 Å². The lowest BCUT2D eigenvalue weighted by atomic mass is 10.1. The zero-order chi connectivity index (χ0) is 23.4. The minimum absolute atomic E-state index is 0.184. The summed E-state index contributed by atoms with van der Waals surface area (Å²) in [6.45, 7) is 6.14. The number of carbonyl (C=O) groups excluding carboxylic acids is 1. The molecule has 7 nitrogen and oxygen atoms in total. The normalized spacial score (nSPS) is 14.7. The van der Waals surface area contributed by atoms with E-state index in [1.54, 1.807) is 23.1 Å². The third kappa shape index (κ3) is 5.07. The van der Waals surface area contributed by atoms with Crippen molar-refractivity contribution in [1.29, 1.82) is 0 Å². The van der Waals surface area contributed by atoms with Gasteiger partial charge in [0, 0.05) is 28.8 Å². The van der Waals surface area contributed by atoms with Crippen molar-refractivity contribution in [2.24, 2.45) is 0 Å². The molecule has 0 saturated carbocycles. The number of carbonyl (C=O) groups is 1. The van der Waals surface area contributed by atoms with Crippen LogP contribution >= 0.6 is 23.4 Å². The molecule has 1 aliphatic rings. The largest absolute Gasteiger partial charge is 0.494 e. The number of benzene rings is 2. The molecule has 0 unspecified atom stereocenters. The second-order valence-electron chi connectivity index (χ2n) is 7.47. The number of hydrogen-bond donors (Lipinski definition) is 0. The number of aromatic nitrogens is 3. The molecule has 1 amide bonds. The highest BCUT2D eigenvalue weighted by Gasteiger charge is 2.34. The molecule has 9 heteroatoms. The van der Waals surface area contributed by atoms with E-state index in [0.717, 1.165) is 29.9 Å². The molecule has 0 saturated heterocycles. The van der Waals surface area contributed by atoms with Crippen molar-refractivity contribution < 1.29 is 14.3 Å². The van der Waals surface area contributed by atoms with E-state index in [4.69, 9.17) is 21.1 Å². The molecule has 2 heterocycles. The highest BCUT2D eigenvalue weighted by atomic mass is 35.5. The molecular formula is C24H25ClN4O3S. The average molecular weight is 485 g/mol. The molecule has 33 heavy (non-hydrogen) atoms. The third-order valence-corrected chi connectivity index (χ3v) is 6.27. The van der Waals surface area contributed by atoms with Gasteiger partial charge in [0.25, 0.3) is 0 Å². The minimum atomic E-state index is -0.746. The fraction of sp³-hybridized carbons (Fsp3) is 0.333. The maximum atomic E-state index is 12.9. The zero-order valence-electron chi connectivity index (χ0n) is 18.7. The summed E-state index contributed by atoms with van der Waals surface area (Å²) >= 11 is 7.84. The fourth-order valence-electron chi connectivity index (χ4n) is 3.56. The molecule has 0 N–H and O–H groups in total. The van der Waals surface area contributed by atoms with Crippen LogP contribution in [0, 0.1) is 0 Å². The Morgan fingerprint density at radius 3 is 2.67 bits per heavy atom. The summed E-state index contributed by atoms with van der Waals surface area (Å²) in [5.41, 5.74) is 2.51. The van der Waals surface area contributed by atoms with Crippen molar-refractivity contribution in [2.45, 2.75) is 45.0 Å². The van der Waals surface area contributed by atoms with Gasteiger partial charge in [-0.2, -0.15) is 4.98 Å². The van der Waals surface area contributed by atoms with E-state index in [1.165, 1.54) is 18.7 Å². The lowest BCUT2D eigenvalue weighted by Crippen LogP contribution is -2.36. The molecule has 2 aromatic carbocycles. The van der Waals surface area contributed by atoms with Crippen molar-refractivity contribution >= 4 is 35.0 Å². The molecule has 1 aliphatic heterocycles. The van der Waals surface area contributed by atoms with Crippen LogP contribution in [-0.2, 0) is 4.79 Å². The van der Waals surface area contributed by atoms with E-state index in [2.05, 4.69) is 22.1 Å². The summed E-state index contributed by atoms with van der Waals surface area (Å²) < 4.78 is 11.9. The van der Waals surface area contributed by atoms with Gasteiger partial charge < -0.3 is 9.47 Å². The maximum Gasteiger partial charge on any atom is 0.247 e. The van der Waals surface area contributed by atoms with Crippen LogP contribution in [0.5, 0.6) is 11.6 Å². The number of amides is 1. The first-order valence-electron chi connectivity index (χ1n) is 10.9. The Bertz CT molecular complexity index is 1140. The highest BCUT2D eigenvalue weighted by Crippen LogP contribution is 2.44. The molecule has 0 bridgehead atoms. The van der Waals surface area contributed by atoms with Crippen LogP contribution in [0.4, 0.5) is 5.69 Å². The monoisotopic (exact) mass is 484 g/mol. The van der Waals surface area contributed by atoms with Crippen LogP contribution in [0.15, 0.2) is 47.6 Å². The van der Waals surface area contributed by atoms with Crippen molar-refractivity contribution in [1.82, 2.24) is 15.2 Å². The van der Waals surface area contributed by atoms with Gasteiger partial charge in [-0.3, -0.25) is 9.69 Å². The van der Waals surface area contributed by atoms with E-state index in [0.29, 0.717) is 39.6 Å². The van der Waals surface area contributed by atoms with E-state index < -0.39 is 6.23 Å². The first-order valence-corrected chi connectivity index (χ1v) is 12.2. The number of thioether (sulfide) groups is 1. The van der Waals surface area contributed by atoms with Crippen LogP contribution in [0.3, 0.4) is 0 Å². The van der Waals surface area contributed by atoms with Gasteiger partial charge in [-0.25, -0.2) is 0 Å². The Hall–Kier alpha value is -2.84. The number of nitrogens with zero attached hydrogens (tertiary/aromatic N) is 4. The van der Waals surface area contributed by atoms with Crippen LogP contribution in [0.25, 0.3) is 11.3 Å². The molecule has 3 aromatic rings. The van der Waals surface area contributed by atoms with Crippen LogP contribution in [0.1, 0.15) is 45.4 Å². The smallest absolute Gasteiger partial charge is 0.247 e. The van der Waals surface area contributed by atoms with Gasteiger partial charge >= 0.3 is 0 Å². The molecule has 1 aromatic heterocycles. The maximum absolute atomic E-state index is 12.9. The number of fused-ring (bicyclic) bond motifs is 3. The number of ether oxygens (including phenoxy) is 2. The van der Waals surface area contributed by atoms with Gasteiger partial charge in [0.05, 0.1) is 12.3 Å². The average Bonchev–Trinajstić information content (AvgIpc) is 2.94. The minimum Gasteiger partial charge on any atom is -0.494 e. The summed E-state index contributed by atoms with van der Waals surface area (Å²) in [5.74, 6) is 1.77. The summed E-state index contributed by atoms with van der Waals surface area (Å²) in [5, 5.41) is 9.77. The number of anilines is 1. The number of halogens is 1. The van der Waals surface area contributed by atoms with Gasteiger partial charge in [0.1, 0.15) is 5.75 Å². The molecule has 0 radical (unpaired) electrons. The predicted molar refractivity (Wildman–Crippen MR) is 130 cm³/mol. The first kappa shape index (κ1) is 23.3. The standard InChI is InChI=1S/C24H25ClN4O3S/c1-4-6-13-33-24-26-22-21(27-28-24)19-14-17(25)9-12-20(19)29(15(3)30)23(32-22)16-7-10-18(11-8-16)31-5-2/h7-12,14,23H,4-6,13H2,1-3H3/t23-/m1/s1. The van der Waals surface area contributed by atoms with Gasteiger partial charge in [0.2, 0.25) is 23.2 Å². The third-order valence-electron chi connectivity index (χ3n) is 5.11. The summed E-state index contributed by atoms with van der Waals surface area (Å²) in [6.07, 6.45) is 1.39. The lowest BCUT2D eigenvalue weighted by molar-refractivity contribution is -0.118. The van der Waals surface area contributed by atoms with Crippen molar-refractivity contribution in [3.8, 4) is 22.9 Å². The van der Waals surface area contributed by atoms with Gasteiger partial charge in [-0.05, 0) is 55.8 Å². The molecule has 0 aliphatic carbocycles. The van der Waals surface area contributed by atoms with Crippen LogP contribution < -0.4 is 14.4 Å². The summed E-state index contributed by atoms with van der Waals surface area (Å²) in [7, 11) is 0. The fourth-order valence-corrected chi connectivity index (χ4v) is 4.59. The Morgan fingerprint density at radius 2 is 1.97 bits per heavy atom. The van der Waals surface area contributed by atoms with Gasteiger partial charge in [0.15, 0.2) is 5.69 Å². The highest BCUT2D eigenvalue weighted by molar-refractivity contribution is 7.99. The second kappa shape index (κ2) is 10.4. The Balaban J connectivity index is 1.83. The molecule has 0 spiro atoms. The van der Waals surface area contributed by atoms with Crippen LogP contribution in [-0.4, -0.2) is 33.4 Å². The Morgan fingerprint density at radius 1 is 1.18 bits per heavy atom. The zero-order valence-corrected chi connectivity index (χ0v) is 20.3. The SMILES string of the molecule is CCCCSc1nnc2c(n1)O[C@H](c1ccc(OCC)cc1)N(C(C)=O)c1ccc(Cl)cc1-2. The first-order chi connectivity index (χ1) is 16.0. The van der Waals surface area contributed by atoms with E-state index in [-0.39, 0.29) is 5.91 Å². The number of hydrogen-bond acceptors (Lipinski definition) is 7. The van der Waals surface area contributed by atoms with E-state index >= 15 is 0 Å². The van der Waals surface area contributed by atoms with Gasteiger partial charge in [-0.1, -0.05) is 36.7 Å². The van der Waals surface area contributed by atoms with E-state index in [9.17, 15) is 4.79 Å². The van der Waals surface area contributed by atoms with Crippen molar-refractivity contribution in [2.75, 3.05) is 17.3 Å². The second-order valence-corrected chi connectivity index (χ2v) is 8.97. The predicted octanol–water partition coefficient (Wildman–Crippen LogP) is 5.93. The number of unbranched alkanes of at least 4 members (excludes halogenated alkanes) is 1.